The second kappa shape index (κ2) is 21.1. The summed E-state index contributed by atoms with van der Waals surface area (Å²) in [6.45, 7) is 0.407. The number of phenols is 2. The topological polar surface area (TPSA) is 143 Å². The number of benzene rings is 5. The van der Waals surface area contributed by atoms with Gasteiger partial charge in [-0.2, -0.15) is 0 Å². The van der Waals surface area contributed by atoms with Gasteiger partial charge >= 0.3 is 6.03 Å². The van der Waals surface area contributed by atoms with Crippen molar-refractivity contribution in [1.82, 2.24) is 15.3 Å². The molecule has 1 saturated carbocycles. The lowest BCUT2D eigenvalue weighted by atomic mass is 10.2. The lowest BCUT2D eigenvalue weighted by molar-refractivity contribution is 0.262. The largest absolute Gasteiger partial charge is 0.504 e. The number of nitrogens with zero attached hydrogens (tertiary/aromatic N) is 2. The molecule has 0 bridgehead atoms. The lowest BCUT2D eigenvalue weighted by Crippen LogP contribution is -2.35. The second-order valence-electron chi connectivity index (χ2n) is 13.9. The first-order chi connectivity index (χ1) is 29.9. The highest BCUT2D eigenvalue weighted by Gasteiger charge is 2.18. The molecule has 1 fully saturated rings. The highest BCUT2D eigenvalue weighted by Crippen LogP contribution is 2.40. The van der Waals surface area contributed by atoms with Gasteiger partial charge in [0.15, 0.2) is 16.6 Å². The number of aromatic hydroxyl groups is 2. The van der Waals surface area contributed by atoms with Gasteiger partial charge in [-0.3, -0.25) is 0 Å². The molecular formula is C44H36Cl5N7O3S3. The van der Waals surface area contributed by atoms with Crippen LogP contribution in [0.1, 0.15) is 31.2 Å². The molecule has 1 aliphatic rings. The van der Waals surface area contributed by atoms with Crippen molar-refractivity contribution in [3.8, 4) is 22.1 Å². The number of halogens is 5. The van der Waals surface area contributed by atoms with Crippen LogP contribution in [0.5, 0.6) is 11.5 Å². The molecule has 0 unspecified atom stereocenters. The quantitative estimate of drug-likeness (QED) is 0.0306. The number of hydrogen-bond donors (Lipinski definition) is 7. The molecule has 7 aromatic rings. The molecule has 7 N–H and O–H groups in total. The molecule has 0 radical (unpaired) electrons. The molecule has 18 heteroatoms. The molecule has 318 valence electrons. The summed E-state index contributed by atoms with van der Waals surface area (Å²) in [6.07, 6.45) is 4.70. The van der Waals surface area contributed by atoms with Crippen LogP contribution in [0.3, 0.4) is 0 Å². The van der Waals surface area contributed by atoms with Crippen molar-refractivity contribution in [2.75, 3.05) is 21.3 Å². The van der Waals surface area contributed by atoms with Gasteiger partial charge in [-0.05, 0) is 109 Å². The summed E-state index contributed by atoms with van der Waals surface area (Å²) >= 11 is 38.8. The molecule has 8 rings (SSSR count). The number of para-hydroxylation sites is 1. The van der Waals surface area contributed by atoms with Gasteiger partial charge in [0.25, 0.3) is 0 Å². The number of anilines is 4. The van der Waals surface area contributed by atoms with E-state index in [0.29, 0.717) is 45.5 Å². The first kappa shape index (κ1) is 45.3. The molecule has 0 atom stereocenters. The molecule has 10 nitrogen and oxygen atoms in total. The van der Waals surface area contributed by atoms with E-state index < -0.39 is 6.03 Å². The third-order valence-corrected chi connectivity index (χ3v) is 13.0. The maximum atomic E-state index is 12.5. The summed E-state index contributed by atoms with van der Waals surface area (Å²) in [6, 6.07) is 32.9. The Labute approximate surface area is 396 Å². The number of pyridine rings is 1. The molecule has 0 aliphatic heterocycles. The summed E-state index contributed by atoms with van der Waals surface area (Å²) < 4.78 is 1.11. The summed E-state index contributed by atoms with van der Waals surface area (Å²) in [4.78, 5) is 23.1. The molecule has 0 spiro atoms. The first-order valence-electron chi connectivity index (χ1n) is 19.0. The molecule has 2 heterocycles. The highest BCUT2D eigenvalue weighted by atomic mass is 35.5. The minimum absolute atomic E-state index is 0.00732. The second-order valence-corrected chi connectivity index (χ2v) is 18.5. The van der Waals surface area contributed by atoms with Crippen molar-refractivity contribution in [2.45, 2.75) is 48.1 Å². The van der Waals surface area contributed by atoms with Gasteiger partial charge in [0, 0.05) is 44.3 Å². The number of fused-ring (bicyclic) bond motifs is 1. The maximum Gasteiger partial charge on any atom is 0.323 e. The van der Waals surface area contributed by atoms with Crippen LogP contribution in [0.15, 0.2) is 119 Å². The number of hydrogen-bond acceptors (Lipinski definition) is 9. The molecule has 0 saturated heterocycles. The van der Waals surface area contributed by atoms with Crippen LogP contribution in [0, 0.1) is 0 Å². The van der Waals surface area contributed by atoms with Crippen molar-refractivity contribution < 1.29 is 15.0 Å². The maximum absolute atomic E-state index is 12.5. The SMILES string of the molecule is O=C(Nc1cc(Cl)nc(Cl)c1)Nc1cc(Cl)c(O)c(NCc2ccccc2Sc2ccc(Cl)cc2)c1.Oc1c(Cl)cc(-c2nc3ccccc3s2)cc1NC(=S)NC1CCCC1. The fraction of sp³-hybridized carbons (Fsp3) is 0.136. The highest BCUT2D eigenvalue weighted by molar-refractivity contribution is 7.99. The Hall–Kier alpha value is -4.70. The number of carbonyl (C=O) groups excluding carboxylic acids is 1. The van der Waals surface area contributed by atoms with Gasteiger partial charge in [0.1, 0.15) is 15.3 Å². The van der Waals surface area contributed by atoms with Gasteiger partial charge in [0.2, 0.25) is 0 Å². The Morgan fingerprint density at radius 3 is 2.11 bits per heavy atom. The number of thiocarbonyl (C=S) groups is 1. The first-order valence-corrected chi connectivity index (χ1v) is 22.9. The zero-order chi connectivity index (χ0) is 43.8. The number of urea groups is 1. The van der Waals surface area contributed by atoms with E-state index >= 15 is 0 Å². The average Bonchev–Trinajstić information content (AvgIpc) is 3.92. The molecule has 2 amide bonds. The van der Waals surface area contributed by atoms with E-state index in [9.17, 15) is 15.0 Å². The van der Waals surface area contributed by atoms with Crippen molar-refractivity contribution in [3.05, 3.63) is 140 Å². The molecular weight excluding hydrogens is 948 g/mol. The monoisotopic (exact) mass is 981 g/mol. The van der Waals surface area contributed by atoms with Crippen molar-refractivity contribution in [2.24, 2.45) is 0 Å². The van der Waals surface area contributed by atoms with Crippen LogP contribution in [0.25, 0.3) is 20.8 Å². The number of thiazole rings is 1. The van der Waals surface area contributed by atoms with Crippen LogP contribution in [-0.4, -0.2) is 37.4 Å². The van der Waals surface area contributed by atoms with E-state index in [1.165, 1.54) is 31.0 Å². The molecule has 2 aromatic heterocycles. The summed E-state index contributed by atoms with van der Waals surface area (Å²) in [5, 5.41) is 38.4. The minimum atomic E-state index is -0.550. The smallest absolute Gasteiger partial charge is 0.323 e. The molecule has 5 aromatic carbocycles. The van der Waals surface area contributed by atoms with Gasteiger partial charge in [-0.1, -0.05) is 113 Å². The van der Waals surface area contributed by atoms with Crippen molar-refractivity contribution in [1.29, 1.82) is 0 Å². The van der Waals surface area contributed by atoms with E-state index in [0.717, 1.165) is 49.0 Å². The Bertz CT molecular complexity index is 2680. The number of phenolic OH excluding ortho intramolecular Hbond substituents is 2. The van der Waals surface area contributed by atoms with Crippen LogP contribution < -0.4 is 26.6 Å². The number of rotatable bonds is 10. The van der Waals surface area contributed by atoms with Crippen LogP contribution >= 0.6 is 93.3 Å². The minimum Gasteiger partial charge on any atom is -0.504 e. The standard InChI is InChI=1S/C25H18Cl4N4O2S.C19H18ClN3OS2/c26-15-5-7-18(8-6-15)36-21-4-2-1-3-14(21)13-30-20-10-16(9-19(27)24(20)34)31-25(35)32-17-11-22(28)33-23(29)12-17;20-13-9-11(18-22-14-7-3-4-8-16(14)26-18)10-15(17(13)24)23-19(25)21-12-5-1-2-6-12/h1-12,30,34H,13H2,(H2,31,32,33,35);3-4,7-10,12,24H,1-2,5-6H2,(H2,21,23,25). The predicted octanol–water partition coefficient (Wildman–Crippen LogP) is 14.4. The van der Waals surface area contributed by atoms with Crippen LogP contribution in [0.4, 0.5) is 27.5 Å². The van der Waals surface area contributed by atoms with Crippen molar-refractivity contribution >= 4 is 137 Å². The normalized spacial score (nSPS) is 12.3. The van der Waals surface area contributed by atoms with E-state index in [2.05, 4.69) is 36.6 Å². The predicted molar refractivity (Wildman–Crippen MR) is 263 cm³/mol. The summed E-state index contributed by atoms with van der Waals surface area (Å²) in [5.41, 5.74) is 4.39. The average molecular weight is 984 g/mol. The van der Waals surface area contributed by atoms with E-state index in [1.807, 2.05) is 78.9 Å². The Morgan fingerprint density at radius 1 is 0.742 bits per heavy atom. The Morgan fingerprint density at radius 2 is 1.39 bits per heavy atom. The van der Waals surface area contributed by atoms with Crippen LogP contribution in [0.2, 0.25) is 25.4 Å². The van der Waals surface area contributed by atoms with Crippen LogP contribution in [-0.2, 0) is 6.54 Å². The van der Waals surface area contributed by atoms with Gasteiger partial charge in [-0.15, -0.1) is 11.3 Å². The van der Waals surface area contributed by atoms with Gasteiger partial charge < -0.3 is 36.8 Å². The van der Waals surface area contributed by atoms with Gasteiger partial charge in [-0.25, -0.2) is 14.8 Å². The van der Waals surface area contributed by atoms with Gasteiger partial charge in [0.05, 0.1) is 31.6 Å². The third kappa shape index (κ3) is 12.3. The number of carbonyl (C=O) groups is 1. The Balaban J connectivity index is 0.000000196. The van der Waals surface area contributed by atoms with E-state index in [-0.39, 0.29) is 31.9 Å². The number of nitrogens with one attached hydrogen (secondary N) is 5. The zero-order valence-corrected chi connectivity index (χ0v) is 38.5. The Kier molecular flexibility index (Phi) is 15.4. The zero-order valence-electron chi connectivity index (χ0n) is 32.3. The molecule has 1 aliphatic carbocycles. The third-order valence-electron chi connectivity index (χ3n) is 9.37. The lowest BCUT2D eigenvalue weighted by Gasteiger charge is -2.17. The summed E-state index contributed by atoms with van der Waals surface area (Å²) in [7, 11) is 0. The molecule has 62 heavy (non-hydrogen) atoms. The van der Waals surface area contributed by atoms with Crippen molar-refractivity contribution in [3.63, 3.8) is 0 Å². The number of amides is 2. The summed E-state index contributed by atoms with van der Waals surface area (Å²) in [5.74, 6) is -0.134. The van der Waals surface area contributed by atoms with E-state index in [1.54, 1.807) is 35.2 Å². The fourth-order valence-corrected chi connectivity index (χ4v) is 9.63. The fourth-order valence-electron chi connectivity index (χ4n) is 6.43. The number of aromatic nitrogens is 2. The van der Waals surface area contributed by atoms with E-state index in [4.69, 9.17) is 70.2 Å².